The van der Waals surface area contributed by atoms with Crippen molar-refractivity contribution in [3.8, 4) is 11.5 Å². The molecule has 2 rings (SSSR count). The molecule has 0 aromatic heterocycles. The van der Waals surface area contributed by atoms with E-state index in [0.717, 1.165) is 24.5 Å². The summed E-state index contributed by atoms with van der Waals surface area (Å²) < 4.78 is 10.8. The van der Waals surface area contributed by atoms with Crippen molar-refractivity contribution in [2.24, 2.45) is 0 Å². The minimum absolute atomic E-state index is 0.719. The normalized spacial score (nSPS) is 17.7. The fourth-order valence-corrected chi connectivity index (χ4v) is 1.09. The molecule has 0 fully saturated rings. The van der Waals surface area contributed by atoms with Gasteiger partial charge in [0.25, 0.3) is 0 Å². The highest BCUT2D eigenvalue weighted by Gasteiger charge is 2.03. The van der Waals surface area contributed by atoms with Crippen molar-refractivity contribution in [1.82, 2.24) is 0 Å². The van der Waals surface area contributed by atoms with Crippen molar-refractivity contribution >= 4 is 0 Å². The predicted molar refractivity (Wildman–Crippen MR) is 46.3 cm³/mol. The fourth-order valence-electron chi connectivity index (χ4n) is 1.09. The zero-order valence-electron chi connectivity index (χ0n) is 6.69. The van der Waals surface area contributed by atoms with E-state index < -0.39 is 0 Å². The van der Waals surface area contributed by atoms with Gasteiger partial charge in [0.05, 0.1) is 12.9 Å². The molecule has 0 spiro atoms. The first kappa shape index (κ1) is 7.22. The first-order chi connectivity index (χ1) is 5.97. The molecule has 0 amide bonds. The molecule has 2 heteroatoms. The van der Waals surface area contributed by atoms with E-state index in [4.69, 9.17) is 9.47 Å². The van der Waals surface area contributed by atoms with E-state index >= 15 is 0 Å². The van der Waals surface area contributed by atoms with E-state index in [1.165, 1.54) is 0 Å². The Kier molecular flexibility index (Phi) is 1.99. The molecule has 1 aliphatic heterocycles. The Morgan fingerprint density at radius 2 is 1.92 bits per heavy atom. The lowest BCUT2D eigenvalue weighted by Gasteiger charge is -2.11. The minimum atomic E-state index is 0.719. The number of para-hydroxylation sites is 2. The maximum Gasteiger partial charge on any atom is 0.168 e. The number of hydrogen-bond donors (Lipinski definition) is 0. The van der Waals surface area contributed by atoms with Crippen molar-refractivity contribution in [2.75, 3.05) is 6.61 Å². The number of hydrogen-bond acceptors (Lipinski definition) is 2. The molecule has 0 saturated carbocycles. The average molecular weight is 162 g/mol. The molecule has 0 radical (unpaired) electrons. The Morgan fingerprint density at radius 3 is 2.83 bits per heavy atom. The maximum atomic E-state index is 5.45. The fraction of sp³-hybridized carbons (Fsp3) is 0.200. The van der Waals surface area contributed by atoms with Crippen molar-refractivity contribution in [2.45, 2.75) is 6.42 Å². The van der Waals surface area contributed by atoms with Crippen LogP contribution in [0.15, 0.2) is 36.6 Å². The zero-order chi connectivity index (χ0) is 8.23. The van der Waals surface area contributed by atoms with E-state index in [1.807, 2.05) is 30.3 Å². The predicted octanol–water partition coefficient (Wildman–Crippen LogP) is 2.36. The standard InChI is InChI=1S/C10H10O2/c1-2-6-10-9(5-1)11-7-3-4-8-12-10/h1-3,5-7H,4,8H2/b7-3-. The van der Waals surface area contributed by atoms with Gasteiger partial charge in [-0.25, -0.2) is 0 Å². The summed E-state index contributed by atoms with van der Waals surface area (Å²) in [5, 5.41) is 0. The van der Waals surface area contributed by atoms with Crippen LogP contribution in [0.5, 0.6) is 11.5 Å². The lowest BCUT2D eigenvalue weighted by molar-refractivity contribution is 0.299. The quantitative estimate of drug-likeness (QED) is 0.583. The van der Waals surface area contributed by atoms with Crippen LogP contribution in [0.25, 0.3) is 0 Å². The summed E-state index contributed by atoms with van der Waals surface area (Å²) in [6, 6.07) is 7.67. The molecule has 0 bridgehead atoms. The van der Waals surface area contributed by atoms with Crippen LogP contribution in [0.1, 0.15) is 6.42 Å². The second kappa shape index (κ2) is 3.30. The average Bonchev–Trinajstić information content (AvgIpc) is 2.06. The summed E-state index contributed by atoms with van der Waals surface area (Å²) in [5.74, 6) is 1.61. The minimum Gasteiger partial charge on any atom is -0.489 e. The van der Waals surface area contributed by atoms with Gasteiger partial charge in [0.1, 0.15) is 0 Å². The monoisotopic (exact) mass is 162 g/mol. The van der Waals surface area contributed by atoms with Crippen LogP contribution in [-0.2, 0) is 0 Å². The van der Waals surface area contributed by atoms with Crippen molar-refractivity contribution < 1.29 is 9.47 Å². The molecule has 62 valence electrons. The van der Waals surface area contributed by atoms with Crippen LogP contribution in [-0.4, -0.2) is 6.61 Å². The SMILES string of the molecule is C1=C\Oc2ccccc2OCC/1. The van der Waals surface area contributed by atoms with E-state index in [1.54, 1.807) is 6.26 Å². The molecule has 12 heavy (non-hydrogen) atoms. The highest BCUT2D eigenvalue weighted by Crippen LogP contribution is 2.27. The van der Waals surface area contributed by atoms with Gasteiger partial charge >= 0.3 is 0 Å². The molecule has 1 heterocycles. The zero-order valence-corrected chi connectivity index (χ0v) is 6.69. The van der Waals surface area contributed by atoms with Gasteiger partial charge in [-0.05, 0) is 18.2 Å². The second-order valence-electron chi connectivity index (χ2n) is 2.57. The van der Waals surface area contributed by atoms with Crippen LogP contribution in [0.4, 0.5) is 0 Å². The number of rotatable bonds is 0. The molecule has 0 aliphatic carbocycles. The van der Waals surface area contributed by atoms with Gasteiger partial charge in [0.2, 0.25) is 0 Å². The van der Waals surface area contributed by atoms with Crippen LogP contribution in [0.2, 0.25) is 0 Å². The van der Waals surface area contributed by atoms with Gasteiger partial charge in [0.15, 0.2) is 11.5 Å². The van der Waals surface area contributed by atoms with E-state index in [9.17, 15) is 0 Å². The number of benzene rings is 1. The third-order valence-corrected chi connectivity index (χ3v) is 1.68. The Bertz CT molecular complexity index is 292. The topological polar surface area (TPSA) is 18.5 Å². The molecular weight excluding hydrogens is 152 g/mol. The third-order valence-electron chi connectivity index (χ3n) is 1.68. The van der Waals surface area contributed by atoms with Crippen molar-refractivity contribution in [3.05, 3.63) is 36.6 Å². The molecule has 1 aliphatic rings. The van der Waals surface area contributed by atoms with E-state index in [-0.39, 0.29) is 0 Å². The molecule has 2 nitrogen and oxygen atoms in total. The lowest BCUT2D eigenvalue weighted by Crippen LogP contribution is -2.00. The molecule has 0 N–H and O–H groups in total. The Hall–Kier alpha value is -1.44. The summed E-state index contributed by atoms with van der Waals surface area (Å²) in [7, 11) is 0. The molecule has 1 aromatic rings. The van der Waals surface area contributed by atoms with Crippen molar-refractivity contribution in [1.29, 1.82) is 0 Å². The summed E-state index contributed by atoms with van der Waals surface area (Å²) in [6.45, 7) is 0.719. The summed E-state index contributed by atoms with van der Waals surface area (Å²) >= 11 is 0. The van der Waals surface area contributed by atoms with Crippen LogP contribution in [0.3, 0.4) is 0 Å². The molecular formula is C10H10O2. The Balaban J connectivity index is 2.32. The molecule has 0 atom stereocenters. The first-order valence-corrected chi connectivity index (χ1v) is 4.00. The highest BCUT2D eigenvalue weighted by molar-refractivity contribution is 5.40. The largest absolute Gasteiger partial charge is 0.489 e. The first-order valence-electron chi connectivity index (χ1n) is 4.00. The van der Waals surface area contributed by atoms with Gasteiger partial charge in [-0.1, -0.05) is 12.1 Å². The molecule has 1 aromatic carbocycles. The van der Waals surface area contributed by atoms with E-state index in [0.29, 0.717) is 0 Å². The van der Waals surface area contributed by atoms with Gasteiger partial charge < -0.3 is 9.47 Å². The summed E-state index contributed by atoms with van der Waals surface area (Å²) in [6.07, 6.45) is 4.56. The van der Waals surface area contributed by atoms with Gasteiger partial charge in [-0.15, -0.1) is 0 Å². The second-order valence-corrected chi connectivity index (χ2v) is 2.57. The number of ether oxygens (including phenoxy) is 2. The van der Waals surface area contributed by atoms with Gasteiger partial charge in [-0.2, -0.15) is 0 Å². The van der Waals surface area contributed by atoms with Crippen LogP contribution >= 0.6 is 0 Å². The highest BCUT2D eigenvalue weighted by atomic mass is 16.5. The van der Waals surface area contributed by atoms with Crippen molar-refractivity contribution in [3.63, 3.8) is 0 Å². The smallest absolute Gasteiger partial charge is 0.168 e. The summed E-state index contributed by atoms with van der Waals surface area (Å²) in [4.78, 5) is 0. The summed E-state index contributed by atoms with van der Waals surface area (Å²) in [5.41, 5.74) is 0. The molecule has 0 unspecified atom stereocenters. The lowest BCUT2D eigenvalue weighted by atomic mass is 10.3. The van der Waals surface area contributed by atoms with Crippen LogP contribution in [0, 0.1) is 0 Å². The number of fused-ring (bicyclic) bond motifs is 1. The van der Waals surface area contributed by atoms with E-state index in [2.05, 4.69) is 0 Å². The van der Waals surface area contributed by atoms with Gasteiger partial charge in [-0.3, -0.25) is 0 Å². The molecule has 0 saturated heterocycles. The van der Waals surface area contributed by atoms with Gasteiger partial charge in [0, 0.05) is 6.42 Å². The third kappa shape index (κ3) is 1.42. The van der Waals surface area contributed by atoms with Crippen LogP contribution < -0.4 is 9.47 Å². The maximum absolute atomic E-state index is 5.45. The Labute approximate surface area is 71.4 Å². The Morgan fingerprint density at radius 1 is 1.08 bits per heavy atom.